The van der Waals surface area contributed by atoms with Crippen molar-refractivity contribution in [2.75, 3.05) is 0 Å². The maximum atomic E-state index is 12.9. The lowest BCUT2D eigenvalue weighted by molar-refractivity contribution is -0.137. The summed E-state index contributed by atoms with van der Waals surface area (Å²) in [5.74, 6) is -1.06. The third-order valence-electron chi connectivity index (χ3n) is 4.52. The molecular formula is C20H16F3N3O5S. The van der Waals surface area contributed by atoms with Gasteiger partial charge in [-0.3, -0.25) is 0 Å². The molecule has 0 spiro atoms. The van der Waals surface area contributed by atoms with E-state index in [-0.39, 0.29) is 33.8 Å². The first-order valence-corrected chi connectivity index (χ1v) is 10.9. The Hall–Kier alpha value is -3.25. The zero-order valence-corrected chi connectivity index (χ0v) is 17.1. The Morgan fingerprint density at radius 2 is 1.91 bits per heavy atom. The summed E-state index contributed by atoms with van der Waals surface area (Å²) >= 11 is 0. The van der Waals surface area contributed by atoms with Gasteiger partial charge in [-0.2, -0.15) is 18.2 Å². The van der Waals surface area contributed by atoms with E-state index < -0.39 is 34.3 Å². The number of halogens is 3. The van der Waals surface area contributed by atoms with E-state index in [9.17, 15) is 26.4 Å². The number of nitrogens with zero attached hydrogens (tertiary/aromatic N) is 2. The van der Waals surface area contributed by atoms with Crippen LogP contribution in [-0.4, -0.2) is 30.6 Å². The van der Waals surface area contributed by atoms with Crippen LogP contribution < -0.4 is 4.72 Å². The first-order valence-electron chi connectivity index (χ1n) is 9.41. The summed E-state index contributed by atoms with van der Waals surface area (Å²) in [7, 11) is -3.74. The quantitative estimate of drug-likeness (QED) is 0.529. The van der Waals surface area contributed by atoms with Gasteiger partial charge < -0.3 is 9.26 Å². The van der Waals surface area contributed by atoms with Crippen LogP contribution in [0.1, 0.15) is 34.7 Å². The van der Waals surface area contributed by atoms with E-state index in [0.29, 0.717) is 0 Å². The minimum Gasteiger partial charge on any atom is -0.452 e. The van der Waals surface area contributed by atoms with Gasteiger partial charge in [0.05, 0.1) is 16.0 Å². The van der Waals surface area contributed by atoms with Gasteiger partial charge in [0.15, 0.2) is 6.61 Å². The Balaban J connectivity index is 1.42. The van der Waals surface area contributed by atoms with E-state index in [1.807, 2.05) is 0 Å². The lowest BCUT2D eigenvalue weighted by atomic mass is 10.1. The molecule has 8 nitrogen and oxygen atoms in total. The summed E-state index contributed by atoms with van der Waals surface area (Å²) in [6.45, 7) is -0.442. The van der Waals surface area contributed by atoms with Crippen molar-refractivity contribution < 1.29 is 35.6 Å². The van der Waals surface area contributed by atoms with Gasteiger partial charge in [-0.25, -0.2) is 17.9 Å². The predicted molar refractivity (Wildman–Crippen MR) is 104 cm³/mol. The third kappa shape index (κ3) is 5.14. The van der Waals surface area contributed by atoms with Crippen LogP contribution in [0.5, 0.6) is 0 Å². The highest BCUT2D eigenvalue weighted by atomic mass is 32.2. The number of carbonyl (C=O) groups excluding carboxylic acids is 1. The highest BCUT2D eigenvalue weighted by molar-refractivity contribution is 7.89. The average molecular weight is 467 g/mol. The molecule has 1 aliphatic carbocycles. The molecule has 0 unspecified atom stereocenters. The molecule has 12 heteroatoms. The molecule has 0 aliphatic heterocycles. The fourth-order valence-corrected chi connectivity index (χ4v) is 4.11. The van der Waals surface area contributed by atoms with Crippen molar-refractivity contribution in [1.82, 2.24) is 14.9 Å². The summed E-state index contributed by atoms with van der Waals surface area (Å²) in [5.41, 5.74) is -0.776. The summed E-state index contributed by atoms with van der Waals surface area (Å²) in [5, 5.41) is 3.61. The standard InChI is InChI=1S/C20H16F3N3O5S/c21-20(22,23)14-5-1-3-12(9-14)18-24-17(31-25-18)11-30-19(27)13-4-2-6-16(10-13)32(28,29)26-15-7-8-15/h1-6,9-10,15,26H,7-8,11H2. The number of benzene rings is 2. The van der Waals surface area contributed by atoms with Gasteiger partial charge in [0.2, 0.25) is 15.8 Å². The highest BCUT2D eigenvalue weighted by Gasteiger charge is 2.31. The highest BCUT2D eigenvalue weighted by Crippen LogP contribution is 2.31. The smallest absolute Gasteiger partial charge is 0.416 e. The molecule has 1 saturated carbocycles. The van der Waals surface area contributed by atoms with Crippen molar-refractivity contribution in [2.45, 2.75) is 36.6 Å². The van der Waals surface area contributed by atoms with E-state index in [2.05, 4.69) is 14.9 Å². The van der Waals surface area contributed by atoms with Crippen LogP contribution in [0.3, 0.4) is 0 Å². The summed E-state index contributed by atoms with van der Waals surface area (Å²) in [4.78, 5) is 16.2. The van der Waals surface area contributed by atoms with Crippen molar-refractivity contribution in [1.29, 1.82) is 0 Å². The van der Waals surface area contributed by atoms with Crippen LogP contribution >= 0.6 is 0 Å². The van der Waals surface area contributed by atoms with Crippen LogP contribution in [0.25, 0.3) is 11.4 Å². The number of aromatic nitrogens is 2. The second-order valence-corrected chi connectivity index (χ2v) is 8.80. The number of rotatable bonds is 7. The van der Waals surface area contributed by atoms with Crippen molar-refractivity contribution >= 4 is 16.0 Å². The number of esters is 1. The molecule has 0 saturated heterocycles. The van der Waals surface area contributed by atoms with Crippen LogP contribution in [0.4, 0.5) is 13.2 Å². The van der Waals surface area contributed by atoms with Gasteiger partial charge in [0.25, 0.3) is 5.89 Å². The second-order valence-electron chi connectivity index (χ2n) is 7.09. The first-order chi connectivity index (χ1) is 15.1. The maximum Gasteiger partial charge on any atom is 0.416 e. The number of sulfonamides is 1. The van der Waals surface area contributed by atoms with E-state index in [4.69, 9.17) is 9.26 Å². The summed E-state index contributed by atoms with van der Waals surface area (Å²) in [6.07, 6.45) is -2.98. The van der Waals surface area contributed by atoms with E-state index in [1.165, 1.54) is 36.4 Å². The number of hydrogen-bond acceptors (Lipinski definition) is 7. The minimum absolute atomic E-state index is 0.00119. The van der Waals surface area contributed by atoms with Crippen LogP contribution in [0.2, 0.25) is 0 Å². The van der Waals surface area contributed by atoms with Gasteiger partial charge in [0.1, 0.15) is 0 Å². The third-order valence-corrected chi connectivity index (χ3v) is 6.04. The number of alkyl halides is 3. The Morgan fingerprint density at radius 3 is 2.62 bits per heavy atom. The number of ether oxygens (including phenoxy) is 1. The topological polar surface area (TPSA) is 111 Å². The molecule has 1 aromatic heterocycles. The molecule has 3 aromatic rings. The Kier molecular flexibility index (Phi) is 5.73. The molecule has 0 bridgehead atoms. The van der Waals surface area contributed by atoms with Gasteiger partial charge in [-0.15, -0.1) is 0 Å². The normalized spacial score (nSPS) is 14.3. The fraction of sp³-hybridized carbons (Fsp3) is 0.250. The molecule has 1 heterocycles. The molecule has 2 aromatic carbocycles. The summed E-state index contributed by atoms with van der Waals surface area (Å²) in [6, 6.07) is 9.67. The molecule has 4 rings (SSSR count). The van der Waals surface area contributed by atoms with Crippen molar-refractivity contribution in [2.24, 2.45) is 0 Å². The van der Waals surface area contributed by atoms with E-state index in [0.717, 1.165) is 25.0 Å². The minimum atomic E-state index is -4.52. The lowest BCUT2D eigenvalue weighted by Gasteiger charge is -2.07. The molecule has 1 fully saturated rings. The van der Waals surface area contributed by atoms with Crippen LogP contribution in [-0.2, 0) is 27.5 Å². The van der Waals surface area contributed by atoms with Gasteiger partial charge >= 0.3 is 12.1 Å². The van der Waals surface area contributed by atoms with Crippen molar-refractivity contribution in [3.05, 3.63) is 65.5 Å². The van der Waals surface area contributed by atoms with Crippen LogP contribution in [0, 0.1) is 0 Å². The SMILES string of the molecule is O=C(OCc1nc(-c2cccc(C(F)(F)F)c2)no1)c1cccc(S(=O)(=O)NC2CC2)c1. The molecule has 32 heavy (non-hydrogen) atoms. The van der Waals surface area contributed by atoms with Crippen molar-refractivity contribution in [3.63, 3.8) is 0 Å². The Labute approximate surface area is 180 Å². The van der Waals surface area contributed by atoms with E-state index >= 15 is 0 Å². The number of carbonyl (C=O) groups is 1. The molecule has 0 radical (unpaired) electrons. The Morgan fingerprint density at radius 1 is 1.16 bits per heavy atom. The molecule has 1 N–H and O–H groups in total. The molecule has 168 valence electrons. The maximum absolute atomic E-state index is 12.9. The molecule has 0 atom stereocenters. The molecular weight excluding hydrogens is 451 g/mol. The predicted octanol–water partition coefficient (Wildman–Crippen LogP) is 3.55. The van der Waals surface area contributed by atoms with Crippen molar-refractivity contribution in [3.8, 4) is 11.4 Å². The lowest BCUT2D eigenvalue weighted by Crippen LogP contribution is -2.25. The molecule has 1 aliphatic rings. The monoisotopic (exact) mass is 467 g/mol. The zero-order valence-electron chi connectivity index (χ0n) is 16.3. The second kappa shape index (κ2) is 8.36. The number of hydrogen-bond donors (Lipinski definition) is 1. The zero-order chi connectivity index (χ0) is 22.9. The number of nitrogens with one attached hydrogen (secondary N) is 1. The van der Waals surface area contributed by atoms with E-state index in [1.54, 1.807) is 0 Å². The van der Waals surface area contributed by atoms with Crippen LogP contribution in [0.15, 0.2) is 57.9 Å². The van der Waals surface area contributed by atoms with Gasteiger partial charge in [0, 0.05) is 11.6 Å². The molecule has 0 amide bonds. The fourth-order valence-electron chi connectivity index (χ4n) is 2.75. The summed E-state index contributed by atoms with van der Waals surface area (Å²) < 4.78 is 75.7. The Bertz CT molecular complexity index is 1250. The first kappa shape index (κ1) is 22.0. The largest absolute Gasteiger partial charge is 0.452 e. The van der Waals surface area contributed by atoms with Gasteiger partial charge in [-0.05, 0) is 43.2 Å². The average Bonchev–Trinajstić information content (AvgIpc) is 3.43. The van der Waals surface area contributed by atoms with Gasteiger partial charge in [-0.1, -0.05) is 23.4 Å².